The molecule has 6 heteroatoms. The van der Waals surface area contributed by atoms with E-state index in [9.17, 15) is 4.79 Å². The van der Waals surface area contributed by atoms with Gasteiger partial charge in [0, 0.05) is 24.2 Å². The molecule has 1 amide bonds. The van der Waals surface area contributed by atoms with E-state index in [-0.39, 0.29) is 11.9 Å². The maximum absolute atomic E-state index is 12.0. The molecule has 2 N–H and O–H groups in total. The minimum Gasteiger partial charge on any atom is -0.358 e. The lowest BCUT2D eigenvalue weighted by atomic mass is 10.1. The lowest BCUT2D eigenvalue weighted by Crippen LogP contribution is -2.44. The van der Waals surface area contributed by atoms with Crippen molar-refractivity contribution in [1.82, 2.24) is 19.9 Å². The lowest BCUT2D eigenvalue weighted by molar-refractivity contribution is -0.123. The molecule has 0 radical (unpaired) electrons. The number of nitrogens with one attached hydrogen (secondary N) is 2. The second-order valence-electron chi connectivity index (χ2n) is 5.62. The molecule has 1 aliphatic heterocycles. The van der Waals surface area contributed by atoms with Crippen molar-refractivity contribution in [3.8, 4) is 11.3 Å². The summed E-state index contributed by atoms with van der Waals surface area (Å²) in [6.07, 6.45) is 3.50. The Kier molecular flexibility index (Phi) is 3.42. The third kappa shape index (κ3) is 2.63. The van der Waals surface area contributed by atoms with E-state index in [0.717, 1.165) is 42.1 Å². The molecule has 1 saturated heterocycles. The van der Waals surface area contributed by atoms with E-state index in [1.165, 1.54) is 0 Å². The van der Waals surface area contributed by atoms with E-state index in [4.69, 9.17) is 0 Å². The predicted molar refractivity (Wildman–Crippen MR) is 88.1 cm³/mol. The van der Waals surface area contributed by atoms with Crippen LogP contribution in [0.2, 0.25) is 0 Å². The van der Waals surface area contributed by atoms with Crippen molar-refractivity contribution in [2.75, 3.05) is 11.9 Å². The molecule has 1 aromatic carbocycles. The molecule has 0 bridgehead atoms. The van der Waals surface area contributed by atoms with Crippen LogP contribution in [-0.2, 0) is 4.79 Å². The van der Waals surface area contributed by atoms with Crippen molar-refractivity contribution >= 4 is 17.4 Å². The third-order valence-electron chi connectivity index (χ3n) is 4.04. The molecule has 1 aliphatic rings. The number of fused-ring (bicyclic) bond motifs is 1. The van der Waals surface area contributed by atoms with Gasteiger partial charge in [0.2, 0.25) is 5.91 Å². The van der Waals surface area contributed by atoms with E-state index in [1.54, 1.807) is 10.7 Å². The zero-order chi connectivity index (χ0) is 15.6. The van der Waals surface area contributed by atoms with Gasteiger partial charge in [-0.3, -0.25) is 4.79 Å². The number of nitrogens with zero attached hydrogens (tertiary/aromatic N) is 3. The van der Waals surface area contributed by atoms with Crippen LogP contribution in [0.3, 0.4) is 0 Å². The quantitative estimate of drug-likeness (QED) is 0.777. The summed E-state index contributed by atoms with van der Waals surface area (Å²) in [7, 11) is 0. The molecule has 23 heavy (non-hydrogen) atoms. The summed E-state index contributed by atoms with van der Waals surface area (Å²) >= 11 is 0. The molecule has 0 saturated carbocycles. The number of aromatic nitrogens is 3. The van der Waals surface area contributed by atoms with Gasteiger partial charge < -0.3 is 10.6 Å². The molecule has 3 heterocycles. The first-order valence-corrected chi connectivity index (χ1v) is 7.76. The molecule has 3 aromatic rings. The first kappa shape index (κ1) is 13.8. The Morgan fingerprint density at radius 3 is 2.91 bits per heavy atom. The van der Waals surface area contributed by atoms with Crippen LogP contribution in [0.25, 0.3) is 16.9 Å². The van der Waals surface area contributed by atoms with E-state index in [1.807, 2.05) is 42.5 Å². The van der Waals surface area contributed by atoms with E-state index in [2.05, 4.69) is 20.7 Å². The summed E-state index contributed by atoms with van der Waals surface area (Å²) in [5.41, 5.74) is 2.65. The number of piperidine rings is 1. The van der Waals surface area contributed by atoms with Crippen LogP contribution in [0.4, 0.5) is 5.82 Å². The van der Waals surface area contributed by atoms with Crippen LogP contribution in [0.1, 0.15) is 12.8 Å². The summed E-state index contributed by atoms with van der Waals surface area (Å²) in [4.78, 5) is 16.6. The Morgan fingerprint density at radius 1 is 1.22 bits per heavy atom. The van der Waals surface area contributed by atoms with E-state index < -0.39 is 0 Å². The molecule has 1 fully saturated rings. The maximum atomic E-state index is 12.0. The number of amides is 1. The predicted octanol–water partition coefficient (Wildman–Crippen LogP) is 2.09. The molecule has 0 aliphatic carbocycles. The Labute approximate surface area is 133 Å². The lowest BCUT2D eigenvalue weighted by Gasteiger charge is -2.24. The fourth-order valence-electron chi connectivity index (χ4n) is 2.86. The van der Waals surface area contributed by atoms with E-state index in [0.29, 0.717) is 0 Å². The molecular formula is C17H17N5O. The van der Waals surface area contributed by atoms with Gasteiger partial charge in [-0.15, -0.1) is 0 Å². The number of carbonyl (C=O) groups excluding carboxylic acids is 1. The number of carbonyl (C=O) groups is 1. The summed E-state index contributed by atoms with van der Waals surface area (Å²) < 4.78 is 1.73. The number of benzene rings is 1. The largest absolute Gasteiger partial charge is 0.358 e. The van der Waals surface area contributed by atoms with Crippen molar-refractivity contribution in [2.45, 2.75) is 18.9 Å². The van der Waals surface area contributed by atoms with Crippen molar-refractivity contribution < 1.29 is 4.79 Å². The minimum atomic E-state index is -0.234. The fourth-order valence-corrected chi connectivity index (χ4v) is 2.86. The maximum Gasteiger partial charge on any atom is 0.242 e. The van der Waals surface area contributed by atoms with Crippen LogP contribution >= 0.6 is 0 Å². The average Bonchev–Trinajstić information content (AvgIpc) is 3.06. The van der Waals surface area contributed by atoms with Crippen LogP contribution in [0, 0.1) is 0 Å². The summed E-state index contributed by atoms with van der Waals surface area (Å²) in [5, 5.41) is 10.5. The molecule has 4 rings (SSSR count). The Hall–Kier alpha value is -2.89. The van der Waals surface area contributed by atoms with Gasteiger partial charge in [0.25, 0.3) is 0 Å². The molecule has 0 unspecified atom stereocenters. The van der Waals surface area contributed by atoms with Crippen LogP contribution in [0.15, 0.2) is 48.7 Å². The highest BCUT2D eigenvalue weighted by Crippen LogP contribution is 2.23. The number of hydrogen-bond donors (Lipinski definition) is 2. The highest BCUT2D eigenvalue weighted by Gasteiger charge is 2.23. The van der Waals surface area contributed by atoms with Gasteiger partial charge in [0.05, 0.1) is 11.9 Å². The van der Waals surface area contributed by atoms with Gasteiger partial charge in [0.1, 0.15) is 11.9 Å². The van der Waals surface area contributed by atoms with Crippen molar-refractivity contribution in [3.05, 3.63) is 48.7 Å². The Morgan fingerprint density at radius 2 is 2.09 bits per heavy atom. The van der Waals surface area contributed by atoms with Gasteiger partial charge in [0.15, 0.2) is 5.65 Å². The summed E-state index contributed by atoms with van der Waals surface area (Å²) in [6.45, 7) is 0.750. The fraction of sp³-hybridized carbons (Fsp3) is 0.235. The average molecular weight is 307 g/mol. The highest BCUT2D eigenvalue weighted by molar-refractivity contribution is 5.85. The van der Waals surface area contributed by atoms with Gasteiger partial charge in [-0.2, -0.15) is 9.61 Å². The zero-order valence-electron chi connectivity index (χ0n) is 12.6. The molecule has 2 aromatic heterocycles. The second-order valence-corrected chi connectivity index (χ2v) is 5.62. The second kappa shape index (κ2) is 5.72. The van der Waals surface area contributed by atoms with Crippen LogP contribution in [-0.4, -0.2) is 33.1 Å². The zero-order valence-corrected chi connectivity index (χ0v) is 12.6. The van der Waals surface area contributed by atoms with Gasteiger partial charge in [-0.1, -0.05) is 30.3 Å². The van der Waals surface area contributed by atoms with Crippen LogP contribution < -0.4 is 10.6 Å². The Bertz CT molecular complexity index is 843. The molecule has 6 nitrogen and oxygen atoms in total. The third-order valence-corrected chi connectivity index (χ3v) is 4.04. The van der Waals surface area contributed by atoms with Crippen molar-refractivity contribution in [3.63, 3.8) is 0 Å². The smallest absolute Gasteiger partial charge is 0.242 e. The van der Waals surface area contributed by atoms with Gasteiger partial charge >= 0.3 is 0 Å². The molecule has 116 valence electrons. The standard InChI is InChI=1S/C17H17N5O/c23-17-13(7-4-9-18-17)20-16-11-14(12-5-2-1-3-6-12)21-15-8-10-19-22(15)16/h1-3,5-6,8,10-11,13,20H,4,7,9H2,(H,18,23)/t13-/m0/s1. The van der Waals surface area contributed by atoms with Crippen LogP contribution in [0.5, 0.6) is 0 Å². The topological polar surface area (TPSA) is 71.3 Å². The van der Waals surface area contributed by atoms with Gasteiger partial charge in [-0.05, 0) is 12.8 Å². The normalized spacial score (nSPS) is 17.9. The molecule has 1 atom stereocenters. The molecular weight excluding hydrogens is 290 g/mol. The van der Waals surface area contributed by atoms with Crippen molar-refractivity contribution in [1.29, 1.82) is 0 Å². The van der Waals surface area contributed by atoms with Gasteiger partial charge in [-0.25, -0.2) is 4.98 Å². The summed E-state index contributed by atoms with van der Waals surface area (Å²) in [6, 6.07) is 13.6. The first-order valence-electron chi connectivity index (χ1n) is 7.76. The van der Waals surface area contributed by atoms with E-state index >= 15 is 0 Å². The first-order chi connectivity index (χ1) is 11.3. The molecule has 0 spiro atoms. The summed E-state index contributed by atoms with van der Waals surface area (Å²) in [5.74, 6) is 0.815. The monoisotopic (exact) mass is 307 g/mol. The SMILES string of the molecule is O=C1NCCC[C@@H]1Nc1cc(-c2ccccc2)nc2ccnn12. The number of anilines is 1. The van der Waals surface area contributed by atoms with Crippen molar-refractivity contribution in [2.24, 2.45) is 0 Å². The number of hydrogen-bond acceptors (Lipinski definition) is 4. The number of rotatable bonds is 3. The Balaban J connectivity index is 1.75. The minimum absolute atomic E-state index is 0.0367. The highest BCUT2D eigenvalue weighted by atomic mass is 16.2.